The topological polar surface area (TPSA) is 50.9 Å². The molecule has 4 nitrogen and oxygen atoms in total. The van der Waals surface area contributed by atoms with Gasteiger partial charge in [-0.2, -0.15) is 0 Å². The first-order valence-electron chi connectivity index (χ1n) is 6.60. The van der Waals surface area contributed by atoms with Crippen molar-refractivity contribution in [2.24, 2.45) is 18.9 Å². The van der Waals surface area contributed by atoms with Crippen LogP contribution in [0.25, 0.3) is 0 Å². The van der Waals surface area contributed by atoms with Gasteiger partial charge in [0.2, 0.25) is 0 Å². The fraction of sp³-hybridized carbons (Fsp3) is 0.846. The molecule has 0 amide bonds. The third-order valence-electron chi connectivity index (χ3n) is 4.23. The van der Waals surface area contributed by atoms with Crippen molar-refractivity contribution in [2.45, 2.75) is 51.6 Å². The zero-order valence-electron chi connectivity index (χ0n) is 11.1. The molecule has 2 rings (SSSR count). The Kier molecular flexibility index (Phi) is 3.52. The fourth-order valence-electron chi connectivity index (χ4n) is 2.98. The second kappa shape index (κ2) is 4.77. The number of rotatable bonds is 2. The Morgan fingerprint density at radius 1 is 1.41 bits per heavy atom. The smallest absolute Gasteiger partial charge is 0.108 e. The van der Waals surface area contributed by atoms with Gasteiger partial charge in [0.05, 0.1) is 11.9 Å². The fourth-order valence-corrected chi connectivity index (χ4v) is 2.98. The van der Waals surface area contributed by atoms with E-state index < -0.39 is 5.60 Å². The van der Waals surface area contributed by atoms with Crippen molar-refractivity contribution >= 4 is 0 Å². The van der Waals surface area contributed by atoms with Crippen LogP contribution < -0.4 is 0 Å². The number of aryl methyl sites for hydroxylation is 1. The molecule has 1 aromatic rings. The Balaban J connectivity index is 2.15. The minimum atomic E-state index is -0.720. The predicted octanol–water partition coefficient (Wildman–Crippen LogP) is 2.24. The van der Waals surface area contributed by atoms with Gasteiger partial charge in [-0.15, -0.1) is 5.10 Å². The second-order valence-corrected chi connectivity index (χ2v) is 5.71. The summed E-state index contributed by atoms with van der Waals surface area (Å²) in [4.78, 5) is 0. The van der Waals surface area contributed by atoms with E-state index in [1.165, 1.54) is 6.42 Å². The van der Waals surface area contributed by atoms with Crippen LogP contribution in [-0.4, -0.2) is 20.1 Å². The third-order valence-corrected chi connectivity index (χ3v) is 4.23. The van der Waals surface area contributed by atoms with E-state index in [0.29, 0.717) is 5.92 Å². The van der Waals surface area contributed by atoms with Crippen LogP contribution in [0.4, 0.5) is 0 Å². The van der Waals surface area contributed by atoms with Gasteiger partial charge in [-0.05, 0) is 37.5 Å². The lowest BCUT2D eigenvalue weighted by Gasteiger charge is -2.26. The average molecular weight is 237 g/mol. The molecule has 0 aromatic carbocycles. The molecule has 0 bridgehead atoms. The van der Waals surface area contributed by atoms with Gasteiger partial charge < -0.3 is 5.11 Å². The summed E-state index contributed by atoms with van der Waals surface area (Å²) in [6.07, 6.45) is 6.78. The van der Waals surface area contributed by atoms with Gasteiger partial charge >= 0.3 is 0 Å². The molecule has 1 heterocycles. The van der Waals surface area contributed by atoms with Crippen molar-refractivity contribution in [2.75, 3.05) is 0 Å². The van der Waals surface area contributed by atoms with E-state index in [0.717, 1.165) is 37.3 Å². The van der Waals surface area contributed by atoms with Crippen molar-refractivity contribution in [3.05, 3.63) is 11.9 Å². The molecule has 1 saturated carbocycles. The summed E-state index contributed by atoms with van der Waals surface area (Å²) in [6.45, 7) is 4.56. The summed E-state index contributed by atoms with van der Waals surface area (Å²) in [5.74, 6) is 1.45. The van der Waals surface area contributed by atoms with Crippen LogP contribution in [0, 0.1) is 11.8 Å². The monoisotopic (exact) mass is 237 g/mol. The van der Waals surface area contributed by atoms with Crippen molar-refractivity contribution in [3.8, 4) is 0 Å². The minimum absolute atomic E-state index is 0.710. The third kappa shape index (κ3) is 2.51. The molecule has 4 heteroatoms. The van der Waals surface area contributed by atoms with Crippen LogP contribution in [0.5, 0.6) is 0 Å². The lowest BCUT2D eigenvalue weighted by Crippen LogP contribution is -2.28. The highest BCUT2D eigenvalue weighted by Crippen LogP contribution is 2.39. The first-order valence-corrected chi connectivity index (χ1v) is 6.60. The molecule has 2 unspecified atom stereocenters. The Hall–Kier alpha value is -0.900. The predicted molar refractivity (Wildman–Crippen MR) is 66.3 cm³/mol. The van der Waals surface area contributed by atoms with Crippen LogP contribution in [-0.2, 0) is 12.6 Å². The summed E-state index contributed by atoms with van der Waals surface area (Å²) in [6, 6.07) is 0. The van der Waals surface area contributed by atoms with Crippen molar-refractivity contribution in [1.82, 2.24) is 15.0 Å². The van der Waals surface area contributed by atoms with Crippen LogP contribution >= 0.6 is 0 Å². The number of hydrogen-bond donors (Lipinski definition) is 1. The van der Waals surface area contributed by atoms with Gasteiger partial charge in [0, 0.05) is 7.05 Å². The zero-order chi connectivity index (χ0) is 12.5. The molecule has 1 aliphatic carbocycles. The first-order chi connectivity index (χ1) is 8.03. The summed E-state index contributed by atoms with van der Waals surface area (Å²) in [5.41, 5.74) is 0.143. The SMILES string of the molecule is CC(C)C1CCCC(O)(c2cnnn2C)CC1. The van der Waals surface area contributed by atoms with Gasteiger partial charge in [0.15, 0.2) is 0 Å². The molecule has 2 atom stereocenters. The van der Waals surface area contributed by atoms with Crippen LogP contribution in [0.15, 0.2) is 6.20 Å². The van der Waals surface area contributed by atoms with E-state index >= 15 is 0 Å². The normalized spacial score (nSPS) is 30.5. The zero-order valence-corrected chi connectivity index (χ0v) is 11.1. The summed E-state index contributed by atoms with van der Waals surface area (Å²) >= 11 is 0. The minimum Gasteiger partial charge on any atom is -0.384 e. The Morgan fingerprint density at radius 3 is 2.76 bits per heavy atom. The summed E-state index contributed by atoms with van der Waals surface area (Å²) in [7, 11) is 1.85. The maximum atomic E-state index is 10.8. The lowest BCUT2D eigenvalue weighted by molar-refractivity contribution is 0.0113. The van der Waals surface area contributed by atoms with Gasteiger partial charge in [0.1, 0.15) is 5.60 Å². The molecule has 17 heavy (non-hydrogen) atoms. The molecule has 1 aromatic heterocycles. The molecule has 0 saturated heterocycles. The molecule has 0 radical (unpaired) electrons. The number of nitrogens with zero attached hydrogens (tertiary/aromatic N) is 3. The second-order valence-electron chi connectivity index (χ2n) is 5.71. The highest BCUT2D eigenvalue weighted by atomic mass is 16.3. The quantitative estimate of drug-likeness (QED) is 0.803. The van der Waals surface area contributed by atoms with E-state index in [1.54, 1.807) is 10.9 Å². The Bertz CT molecular complexity index is 374. The van der Waals surface area contributed by atoms with E-state index in [2.05, 4.69) is 24.2 Å². The number of hydrogen-bond acceptors (Lipinski definition) is 3. The van der Waals surface area contributed by atoms with Crippen molar-refractivity contribution < 1.29 is 5.11 Å². The van der Waals surface area contributed by atoms with Gasteiger partial charge in [0.25, 0.3) is 0 Å². The highest BCUT2D eigenvalue weighted by molar-refractivity contribution is 5.08. The maximum Gasteiger partial charge on any atom is 0.108 e. The average Bonchev–Trinajstić information content (AvgIpc) is 2.59. The molecule has 1 fully saturated rings. The molecular weight excluding hydrogens is 214 g/mol. The number of aromatic nitrogens is 3. The Labute approximate surface area is 103 Å². The molecule has 1 aliphatic rings. The molecule has 1 N–H and O–H groups in total. The van der Waals surface area contributed by atoms with E-state index in [9.17, 15) is 5.11 Å². The largest absolute Gasteiger partial charge is 0.384 e. The van der Waals surface area contributed by atoms with E-state index in [1.807, 2.05) is 7.05 Å². The summed E-state index contributed by atoms with van der Waals surface area (Å²) in [5, 5.41) is 18.6. The molecule has 96 valence electrons. The van der Waals surface area contributed by atoms with E-state index in [-0.39, 0.29) is 0 Å². The van der Waals surface area contributed by atoms with E-state index in [4.69, 9.17) is 0 Å². The molecule has 0 spiro atoms. The van der Waals surface area contributed by atoms with Crippen molar-refractivity contribution in [3.63, 3.8) is 0 Å². The summed E-state index contributed by atoms with van der Waals surface area (Å²) < 4.78 is 1.70. The van der Waals surface area contributed by atoms with Crippen LogP contribution in [0.3, 0.4) is 0 Å². The first kappa shape index (κ1) is 12.6. The Morgan fingerprint density at radius 2 is 2.18 bits per heavy atom. The standard InChI is InChI=1S/C13H23N3O/c1-10(2)11-5-4-7-13(17,8-6-11)12-9-14-15-16(12)3/h9-11,17H,4-8H2,1-3H3. The van der Waals surface area contributed by atoms with Gasteiger partial charge in [-0.1, -0.05) is 25.5 Å². The van der Waals surface area contributed by atoms with Crippen LogP contribution in [0.2, 0.25) is 0 Å². The van der Waals surface area contributed by atoms with Gasteiger partial charge in [-0.25, -0.2) is 4.68 Å². The van der Waals surface area contributed by atoms with Crippen LogP contribution in [0.1, 0.15) is 51.6 Å². The maximum absolute atomic E-state index is 10.8. The lowest BCUT2D eigenvalue weighted by atomic mass is 9.87. The van der Waals surface area contributed by atoms with Crippen molar-refractivity contribution in [1.29, 1.82) is 0 Å². The van der Waals surface area contributed by atoms with Gasteiger partial charge in [-0.3, -0.25) is 0 Å². The number of aliphatic hydroxyl groups is 1. The molecule has 0 aliphatic heterocycles. The highest BCUT2D eigenvalue weighted by Gasteiger charge is 2.35. The molecular formula is C13H23N3O.